The summed E-state index contributed by atoms with van der Waals surface area (Å²) in [5.74, 6) is -0.916. The number of nitrogens with zero attached hydrogens (tertiary/aromatic N) is 2. The number of fused-ring (bicyclic) bond motifs is 1. The fourth-order valence-electron chi connectivity index (χ4n) is 8.57. The zero-order chi connectivity index (χ0) is 37.6. The molecule has 0 radical (unpaired) electrons. The van der Waals surface area contributed by atoms with E-state index in [1.54, 1.807) is 18.2 Å². The lowest BCUT2D eigenvalue weighted by Crippen LogP contribution is -2.54. The molecule has 1 fully saturated rings. The number of barbiturate groups is 1. The van der Waals surface area contributed by atoms with Crippen molar-refractivity contribution in [3.63, 3.8) is 0 Å². The molecule has 1 N–H and O–H groups in total. The molecule has 3 aliphatic heterocycles. The predicted molar refractivity (Wildman–Crippen MR) is 218 cm³/mol. The molecule has 9 rings (SSSR count). The summed E-state index contributed by atoms with van der Waals surface area (Å²) in [4.78, 5) is 45.4. The monoisotopic (exact) mass is 743 g/mol. The Labute approximate surface area is 324 Å². The standard InChI is InChI=1S/C47H38ClN3O4/c1-29-16-17-32-14-8-9-15-36(32)42(29)28-55-43-19-18-34(48)24-33(43)25-41-45(52)49-47(54)51(46(41)53)35-26-39-37(30-10-4-2-5-11-30)20-22-50-23-21-38(40(27-35)44(39)50)31-12-6-3-7-13-31/h2-19,24-27,37-38H,20-23,28H2,1H3,(H,49,52,54)/b41-25+/t37-,38-/m1/s1. The van der Waals surface area contributed by atoms with E-state index >= 15 is 0 Å². The number of hydrogen-bond acceptors (Lipinski definition) is 5. The quantitative estimate of drug-likeness (QED) is 0.130. The Morgan fingerprint density at radius 1 is 0.764 bits per heavy atom. The lowest BCUT2D eigenvalue weighted by Gasteiger charge is -2.44. The Morgan fingerprint density at radius 3 is 2.07 bits per heavy atom. The van der Waals surface area contributed by atoms with Crippen LogP contribution < -0.4 is 19.9 Å². The van der Waals surface area contributed by atoms with Gasteiger partial charge in [0.25, 0.3) is 11.8 Å². The van der Waals surface area contributed by atoms with Crippen molar-refractivity contribution < 1.29 is 19.1 Å². The average Bonchev–Trinajstić information content (AvgIpc) is 3.20. The maximum Gasteiger partial charge on any atom is 0.335 e. The highest BCUT2D eigenvalue weighted by atomic mass is 35.5. The van der Waals surface area contributed by atoms with Gasteiger partial charge in [0.15, 0.2) is 0 Å². The molecule has 3 heterocycles. The molecule has 6 aromatic carbocycles. The van der Waals surface area contributed by atoms with Crippen LogP contribution in [0.15, 0.2) is 133 Å². The number of aryl methyl sites for hydroxylation is 1. The van der Waals surface area contributed by atoms with Gasteiger partial charge in [-0.3, -0.25) is 14.9 Å². The van der Waals surface area contributed by atoms with Gasteiger partial charge in [0.05, 0.1) is 5.69 Å². The van der Waals surface area contributed by atoms with E-state index in [0.29, 0.717) is 22.0 Å². The number of anilines is 2. The van der Waals surface area contributed by atoms with E-state index in [0.717, 1.165) is 63.9 Å². The molecule has 0 aliphatic carbocycles. The van der Waals surface area contributed by atoms with Crippen LogP contribution >= 0.6 is 11.6 Å². The van der Waals surface area contributed by atoms with E-state index in [1.807, 2.05) is 67.6 Å². The number of urea groups is 1. The van der Waals surface area contributed by atoms with Gasteiger partial charge in [0.2, 0.25) is 0 Å². The van der Waals surface area contributed by atoms with Gasteiger partial charge >= 0.3 is 6.03 Å². The highest BCUT2D eigenvalue weighted by Gasteiger charge is 2.40. The summed E-state index contributed by atoms with van der Waals surface area (Å²) in [5, 5.41) is 5.05. The Kier molecular flexibility index (Phi) is 8.95. The molecule has 8 heteroatoms. The van der Waals surface area contributed by atoms with Gasteiger partial charge in [-0.25, -0.2) is 9.69 Å². The largest absolute Gasteiger partial charge is 0.488 e. The van der Waals surface area contributed by atoms with E-state index in [9.17, 15) is 14.4 Å². The Balaban J connectivity index is 1.12. The zero-order valence-corrected chi connectivity index (χ0v) is 31.1. The van der Waals surface area contributed by atoms with Gasteiger partial charge < -0.3 is 9.64 Å². The van der Waals surface area contributed by atoms with Crippen molar-refractivity contribution in [2.45, 2.75) is 38.2 Å². The van der Waals surface area contributed by atoms with E-state index < -0.39 is 17.8 Å². The second-order valence-corrected chi connectivity index (χ2v) is 14.9. The van der Waals surface area contributed by atoms with Crippen molar-refractivity contribution in [3.05, 3.63) is 177 Å². The Morgan fingerprint density at radius 2 is 1.40 bits per heavy atom. The first-order chi connectivity index (χ1) is 26.8. The summed E-state index contributed by atoms with van der Waals surface area (Å²) < 4.78 is 6.40. The summed E-state index contributed by atoms with van der Waals surface area (Å²) in [6, 6.07) is 41.3. The van der Waals surface area contributed by atoms with Crippen molar-refractivity contribution >= 4 is 57.7 Å². The molecule has 6 aromatic rings. The molecule has 55 heavy (non-hydrogen) atoms. The third-order valence-corrected chi connectivity index (χ3v) is 11.5. The Hall–Kier alpha value is -6.18. The maximum absolute atomic E-state index is 14.6. The Bertz CT molecular complexity index is 2460. The summed E-state index contributed by atoms with van der Waals surface area (Å²) in [6.45, 7) is 4.13. The lowest BCUT2D eigenvalue weighted by molar-refractivity contribution is -0.122. The van der Waals surface area contributed by atoms with E-state index in [-0.39, 0.29) is 24.0 Å². The third kappa shape index (κ3) is 6.34. The lowest BCUT2D eigenvalue weighted by atomic mass is 9.76. The molecule has 0 spiro atoms. The van der Waals surface area contributed by atoms with Crippen molar-refractivity contribution in [1.82, 2.24) is 5.32 Å². The second-order valence-electron chi connectivity index (χ2n) is 14.5. The third-order valence-electron chi connectivity index (χ3n) is 11.3. The first-order valence-electron chi connectivity index (χ1n) is 18.7. The number of benzene rings is 6. The van der Waals surface area contributed by atoms with Crippen LogP contribution in [0.1, 0.15) is 63.6 Å². The van der Waals surface area contributed by atoms with Crippen molar-refractivity contribution in [2.24, 2.45) is 0 Å². The molecule has 0 unspecified atom stereocenters. The number of imide groups is 2. The highest BCUT2D eigenvalue weighted by Crippen LogP contribution is 2.50. The molecule has 0 aromatic heterocycles. The van der Waals surface area contributed by atoms with Gasteiger partial charge in [-0.2, -0.15) is 0 Å². The molecule has 1 saturated heterocycles. The first kappa shape index (κ1) is 34.6. The number of halogens is 1. The first-order valence-corrected chi connectivity index (χ1v) is 19.1. The van der Waals surface area contributed by atoms with Crippen LogP contribution in [0.3, 0.4) is 0 Å². The van der Waals surface area contributed by atoms with E-state index in [1.165, 1.54) is 22.9 Å². The molecule has 2 atom stereocenters. The van der Waals surface area contributed by atoms with Crippen LogP contribution in [0.5, 0.6) is 5.75 Å². The van der Waals surface area contributed by atoms with Crippen LogP contribution in [-0.2, 0) is 16.2 Å². The number of carbonyl (C=O) groups excluding carboxylic acids is 3. The molecule has 0 bridgehead atoms. The smallest absolute Gasteiger partial charge is 0.335 e. The molecule has 0 saturated carbocycles. The van der Waals surface area contributed by atoms with Crippen molar-refractivity contribution in [1.29, 1.82) is 0 Å². The van der Waals surface area contributed by atoms with Crippen LogP contribution in [0.4, 0.5) is 16.2 Å². The maximum atomic E-state index is 14.6. The summed E-state index contributed by atoms with van der Waals surface area (Å²) in [6.07, 6.45) is 3.27. The van der Waals surface area contributed by atoms with Gasteiger partial charge in [-0.15, -0.1) is 0 Å². The van der Waals surface area contributed by atoms with Gasteiger partial charge in [0, 0.05) is 46.8 Å². The summed E-state index contributed by atoms with van der Waals surface area (Å²) in [7, 11) is 0. The highest BCUT2D eigenvalue weighted by molar-refractivity contribution is 6.39. The molecule has 3 aliphatic rings. The molecule has 4 amide bonds. The topological polar surface area (TPSA) is 79.0 Å². The minimum atomic E-state index is -0.788. The number of nitrogens with one attached hydrogen (secondary N) is 1. The summed E-state index contributed by atoms with van der Waals surface area (Å²) >= 11 is 6.48. The molecule has 272 valence electrons. The van der Waals surface area contributed by atoms with Gasteiger partial charge in [-0.1, -0.05) is 109 Å². The number of ether oxygens (including phenoxy) is 1. The van der Waals surface area contributed by atoms with E-state index in [4.69, 9.17) is 16.3 Å². The normalized spacial score (nSPS) is 18.7. The van der Waals surface area contributed by atoms with Crippen LogP contribution in [0.2, 0.25) is 5.02 Å². The summed E-state index contributed by atoms with van der Waals surface area (Å²) in [5.41, 5.74) is 8.47. The second kappa shape index (κ2) is 14.2. The molecule has 7 nitrogen and oxygen atoms in total. The zero-order valence-electron chi connectivity index (χ0n) is 30.3. The van der Waals surface area contributed by atoms with Crippen LogP contribution in [0.25, 0.3) is 16.8 Å². The fourth-order valence-corrected chi connectivity index (χ4v) is 8.75. The fraction of sp³-hybridized carbons (Fsp3) is 0.170. The number of hydrogen-bond donors (Lipinski definition) is 1. The number of rotatable bonds is 7. The number of amides is 4. The van der Waals surface area contributed by atoms with Crippen LogP contribution in [0, 0.1) is 6.92 Å². The van der Waals surface area contributed by atoms with Crippen LogP contribution in [-0.4, -0.2) is 30.9 Å². The molecular formula is C47H38ClN3O4. The van der Waals surface area contributed by atoms with E-state index in [2.05, 4.69) is 58.7 Å². The van der Waals surface area contributed by atoms with Crippen molar-refractivity contribution in [2.75, 3.05) is 22.9 Å². The minimum absolute atomic E-state index is 0.0665. The predicted octanol–water partition coefficient (Wildman–Crippen LogP) is 9.92. The molecular weight excluding hydrogens is 706 g/mol. The minimum Gasteiger partial charge on any atom is -0.488 e. The van der Waals surface area contributed by atoms with Gasteiger partial charge in [0.1, 0.15) is 17.9 Å². The SMILES string of the molecule is Cc1ccc2ccccc2c1COc1ccc(Cl)cc1/C=C1\C(=O)NC(=O)N(c2cc3c4c(c2)[C@@H](c2ccccc2)CCN4CC[C@@H]3c2ccccc2)C1=O. The van der Waals surface area contributed by atoms with Crippen molar-refractivity contribution in [3.8, 4) is 5.75 Å². The average molecular weight is 744 g/mol. The number of carbonyl (C=O) groups is 3. The van der Waals surface area contributed by atoms with Gasteiger partial charge in [-0.05, 0) is 94.8 Å².